The normalized spacial score (nSPS) is 21.6. The molecule has 4 aromatic rings. The van der Waals surface area contributed by atoms with E-state index in [1.165, 1.54) is 11.1 Å². The fourth-order valence-electron chi connectivity index (χ4n) is 8.10. The number of benzene rings is 1. The zero-order chi connectivity index (χ0) is 32.4. The predicted octanol–water partition coefficient (Wildman–Crippen LogP) is 4.68. The Kier molecular flexibility index (Phi) is 8.98. The van der Waals surface area contributed by atoms with Gasteiger partial charge in [0, 0.05) is 50.4 Å². The van der Waals surface area contributed by atoms with E-state index in [9.17, 15) is 4.79 Å². The lowest BCUT2D eigenvalue weighted by Crippen LogP contribution is -2.54. The predicted molar refractivity (Wildman–Crippen MR) is 181 cm³/mol. The van der Waals surface area contributed by atoms with E-state index in [1.54, 1.807) is 12.5 Å². The number of anilines is 1. The molecular weight excluding hydrogens is 592 g/mol. The molecule has 2 fully saturated rings. The highest BCUT2D eigenvalue weighted by Crippen LogP contribution is 2.50. The second kappa shape index (κ2) is 13.5. The lowest BCUT2D eigenvalue weighted by molar-refractivity contribution is -0.138. The topological polar surface area (TPSA) is 102 Å². The molecular formula is C36H46N8O3. The molecule has 0 unspecified atom stereocenters. The van der Waals surface area contributed by atoms with Gasteiger partial charge >= 0.3 is 0 Å². The minimum absolute atomic E-state index is 0.0564. The fourth-order valence-corrected chi connectivity index (χ4v) is 8.10. The molecule has 0 N–H and O–H groups in total. The lowest BCUT2D eigenvalue weighted by Gasteiger charge is -2.52. The minimum Gasteiger partial charge on any atom is -0.490 e. The first-order valence-corrected chi connectivity index (χ1v) is 17.3. The number of likely N-dealkylation sites (N-methyl/N-ethyl adjacent to an activating group) is 1. The van der Waals surface area contributed by atoms with Crippen LogP contribution in [0.2, 0.25) is 0 Å². The summed E-state index contributed by atoms with van der Waals surface area (Å²) in [5, 5.41) is 5.53. The van der Waals surface area contributed by atoms with Crippen LogP contribution in [0.5, 0.6) is 11.5 Å². The Morgan fingerprint density at radius 2 is 1.70 bits per heavy atom. The molecule has 1 aliphatic carbocycles. The van der Waals surface area contributed by atoms with Gasteiger partial charge in [-0.1, -0.05) is 13.0 Å². The van der Waals surface area contributed by atoms with Gasteiger partial charge in [-0.3, -0.25) is 14.7 Å². The van der Waals surface area contributed by atoms with Crippen molar-refractivity contribution in [2.45, 2.75) is 65.0 Å². The number of hydrogen-bond donors (Lipinski definition) is 0. The number of carbonyl (C=O) groups is 1. The van der Waals surface area contributed by atoms with Gasteiger partial charge in [-0.05, 0) is 87.9 Å². The fraction of sp³-hybridized carbons (Fsp3) is 0.528. The van der Waals surface area contributed by atoms with Crippen molar-refractivity contribution in [2.24, 2.45) is 5.92 Å². The summed E-state index contributed by atoms with van der Waals surface area (Å²) in [6.45, 7) is 12.9. The van der Waals surface area contributed by atoms with Crippen LogP contribution in [0, 0.1) is 5.92 Å². The Morgan fingerprint density at radius 1 is 0.936 bits per heavy atom. The molecule has 0 atom stereocenters. The van der Waals surface area contributed by atoms with Gasteiger partial charge in [-0.15, -0.1) is 0 Å². The maximum atomic E-state index is 13.9. The van der Waals surface area contributed by atoms with Crippen LogP contribution in [0.1, 0.15) is 63.3 Å². The average Bonchev–Trinajstić information content (AvgIpc) is 3.52. The third kappa shape index (κ3) is 5.90. The maximum Gasteiger partial charge on any atom is 0.225 e. The molecule has 1 spiro atoms. The highest BCUT2D eigenvalue weighted by atomic mass is 16.5. The third-order valence-corrected chi connectivity index (χ3v) is 10.4. The molecule has 0 radical (unpaired) electrons. The van der Waals surface area contributed by atoms with E-state index >= 15 is 0 Å². The smallest absolute Gasteiger partial charge is 0.225 e. The molecule has 3 aromatic heterocycles. The first-order chi connectivity index (χ1) is 23.0. The number of carbonyl (C=O) groups excluding carboxylic acids is 1. The molecule has 11 nitrogen and oxygen atoms in total. The van der Waals surface area contributed by atoms with Crippen LogP contribution in [-0.2, 0) is 23.3 Å². The average molecular weight is 639 g/mol. The number of aromatic nitrogens is 5. The van der Waals surface area contributed by atoms with Gasteiger partial charge in [0.05, 0.1) is 37.0 Å². The van der Waals surface area contributed by atoms with Crippen LogP contribution in [0.15, 0.2) is 49.1 Å². The molecule has 1 amide bonds. The summed E-state index contributed by atoms with van der Waals surface area (Å²) in [7, 11) is 0. The molecule has 1 saturated heterocycles. The van der Waals surface area contributed by atoms with Gasteiger partial charge in [-0.25, -0.2) is 14.6 Å². The Bertz CT molecular complexity index is 1690. The molecule has 248 valence electrons. The van der Waals surface area contributed by atoms with Crippen molar-refractivity contribution in [3.05, 3.63) is 65.9 Å². The number of amides is 1. The number of piperazine rings is 1. The number of ether oxygens (including phenoxy) is 2. The van der Waals surface area contributed by atoms with Gasteiger partial charge in [0.1, 0.15) is 12.1 Å². The Labute approximate surface area is 276 Å². The van der Waals surface area contributed by atoms with Crippen molar-refractivity contribution >= 4 is 22.8 Å². The van der Waals surface area contributed by atoms with E-state index in [1.807, 2.05) is 42.9 Å². The van der Waals surface area contributed by atoms with Gasteiger partial charge < -0.3 is 19.3 Å². The van der Waals surface area contributed by atoms with Crippen LogP contribution in [0.25, 0.3) is 11.0 Å². The van der Waals surface area contributed by atoms with Crippen LogP contribution in [0.4, 0.5) is 5.82 Å². The van der Waals surface area contributed by atoms with E-state index < -0.39 is 0 Å². The number of rotatable bonds is 9. The summed E-state index contributed by atoms with van der Waals surface area (Å²) in [5.74, 6) is 2.92. The molecule has 7 rings (SSSR count). The van der Waals surface area contributed by atoms with E-state index in [4.69, 9.17) is 9.47 Å². The maximum absolute atomic E-state index is 13.9. The standard InChI is InChI=1S/C36H46N8O3/c1-4-43-16-12-27-21-31(46-5-2)32(47-6-3)22-30(27)36(43)13-10-26(11-14-36)35(45)42-19-17-41(18-20-42)33-29-23-40-44(34(29)39-25-38-33)24-28-9-7-8-15-37-28/h7-9,15,21-23,25-26H,4-6,10-14,16-20,24H2,1-3H3/t26-,36-. The SMILES string of the molecule is CCOc1cc2c(cc1OCC)[C@]1(CC[C@@H](C(=O)N3CCN(c4ncnc5c4cnn5Cc4ccccn4)CC3)CC1)N(CC)CC2. The summed E-state index contributed by atoms with van der Waals surface area (Å²) < 4.78 is 13.9. The Balaban J connectivity index is 1.02. The molecule has 2 aliphatic heterocycles. The largest absolute Gasteiger partial charge is 0.490 e. The Morgan fingerprint density at radius 3 is 2.40 bits per heavy atom. The van der Waals surface area contributed by atoms with Gasteiger partial charge in [0.25, 0.3) is 0 Å². The third-order valence-electron chi connectivity index (χ3n) is 10.4. The van der Waals surface area contributed by atoms with Crippen LogP contribution < -0.4 is 14.4 Å². The molecule has 47 heavy (non-hydrogen) atoms. The van der Waals surface area contributed by atoms with E-state index in [0.717, 1.165) is 92.3 Å². The summed E-state index contributed by atoms with van der Waals surface area (Å²) in [4.78, 5) is 34.5. The molecule has 1 aromatic carbocycles. The van der Waals surface area contributed by atoms with Crippen molar-refractivity contribution in [2.75, 3.05) is 57.4 Å². The zero-order valence-corrected chi connectivity index (χ0v) is 27.9. The molecule has 5 heterocycles. The van der Waals surface area contributed by atoms with E-state index in [0.29, 0.717) is 38.8 Å². The number of pyridine rings is 1. The second-order valence-electron chi connectivity index (χ2n) is 12.8. The van der Waals surface area contributed by atoms with Crippen molar-refractivity contribution in [3.63, 3.8) is 0 Å². The van der Waals surface area contributed by atoms with Crippen LogP contribution in [0.3, 0.4) is 0 Å². The van der Waals surface area contributed by atoms with Gasteiger partial charge in [0.2, 0.25) is 5.91 Å². The van der Waals surface area contributed by atoms with Crippen molar-refractivity contribution in [1.29, 1.82) is 0 Å². The van der Waals surface area contributed by atoms with Crippen molar-refractivity contribution in [3.8, 4) is 11.5 Å². The zero-order valence-electron chi connectivity index (χ0n) is 27.9. The molecule has 1 saturated carbocycles. The summed E-state index contributed by atoms with van der Waals surface area (Å²) >= 11 is 0. The molecule has 0 bridgehead atoms. The van der Waals surface area contributed by atoms with Gasteiger partial charge in [-0.2, -0.15) is 5.10 Å². The first kappa shape index (κ1) is 31.4. The molecule has 11 heteroatoms. The molecule has 3 aliphatic rings. The van der Waals surface area contributed by atoms with Crippen molar-refractivity contribution in [1.82, 2.24) is 34.5 Å². The lowest BCUT2D eigenvalue weighted by atomic mass is 9.68. The second-order valence-corrected chi connectivity index (χ2v) is 12.8. The summed E-state index contributed by atoms with van der Waals surface area (Å²) in [6, 6.07) is 10.3. The van der Waals surface area contributed by atoms with E-state index in [2.05, 4.69) is 53.8 Å². The quantitative estimate of drug-likeness (QED) is 0.259. The number of nitrogens with zero attached hydrogens (tertiary/aromatic N) is 8. The van der Waals surface area contributed by atoms with Crippen LogP contribution in [-0.4, -0.2) is 92.9 Å². The highest BCUT2D eigenvalue weighted by Gasteiger charge is 2.46. The summed E-state index contributed by atoms with van der Waals surface area (Å²) in [6.07, 6.45) is 10.0. The number of fused-ring (bicyclic) bond motifs is 3. The van der Waals surface area contributed by atoms with Crippen molar-refractivity contribution < 1.29 is 14.3 Å². The highest BCUT2D eigenvalue weighted by molar-refractivity contribution is 5.87. The minimum atomic E-state index is -0.0617. The van der Waals surface area contributed by atoms with Gasteiger partial charge in [0.15, 0.2) is 17.1 Å². The summed E-state index contributed by atoms with van der Waals surface area (Å²) in [5.41, 5.74) is 4.40. The first-order valence-electron chi connectivity index (χ1n) is 17.3. The number of hydrogen-bond acceptors (Lipinski definition) is 9. The monoisotopic (exact) mass is 638 g/mol. The Hall–Kier alpha value is -4.25. The van der Waals surface area contributed by atoms with Crippen LogP contribution >= 0.6 is 0 Å². The van der Waals surface area contributed by atoms with E-state index in [-0.39, 0.29) is 11.5 Å².